The van der Waals surface area contributed by atoms with E-state index in [2.05, 4.69) is 312 Å². The van der Waals surface area contributed by atoms with Gasteiger partial charge in [-0.1, -0.05) is 340 Å². The number of rotatable bonds is 7. The topological polar surface area (TPSA) is 14.8 Å². The first-order valence-corrected chi connectivity index (χ1v) is 35.7. The normalized spacial score (nSPS) is 13.5. The fraction of sp³-hybridized carbons (Fsp3) is 0.212. The van der Waals surface area contributed by atoms with E-state index in [0.717, 1.165) is 27.4 Å². The van der Waals surface area contributed by atoms with E-state index in [0.29, 0.717) is 16.8 Å². The van der Waals surface area contributed by atoms with Gasteiger partial charge in [-0.05, 0) is 173 Å². The molecule has 0 spiro atoms. The molecular weight excluding hydrogens is 1230 g/mol. The van der Waals surface area contributed by atoms with Gasteiger partial charge in [-0.3, -0.25) is 0 Å². The molecule has 0 unspecified atom stereocenters. The Hall–Kier alpha value is -10.7. The quantitative estimate of drug-likeness (QED) is 0.151. The number of aromatic nitrogens is 3. The van der Waals surface area contributed by atoms with Crippen molar-refractivity contribution in [2.75, 3.05) is 0 Å². The second-order valence-corrected chi connectivity index (χ2v) is 32.5. The maximum absolute atomic E-state index is 8.90. The lowest BCUT2D eigenvalue weighted by Gasteiger charge is -2.27. The minimum absolute atomic E-state index is 0.00101. The van der Waals surface area contributed by atoms with Gasteiger partial charge >= 0.3 is 0 Å². The summed E-state index contributed by atoms with van der Waals surface area (Å²) in [5, 5.41) is 7.29. The molecule has 0 aliphatic carbocycles. The third kappa shape index (κ3) is 13.3. The van der Waals surface area contributed by atoms with Gasteiger partial charge in [0.1, 0.15) is 0 Å². The fourth-order valence-electron chi connectivity index (χ4n) is 14.6. The summed E-state index contributed by atoms with van der Waals surface area (Å²) in [4.78, 5) is 0. The summed E-state index contributed by atoms with van der Waals surface area (Å²) in [7, 11) is 0. The van der Waals surface area contributed by atoms with E-state index in [1.807, 2.05) is 36.4 Å². The van der Waals surface area contributed by atoms with Crippen molar-refractivity contribution in [3.63, 3.8) is 0 Å². The lowest BCUT2D eigenvalue weighted by atomic mass is 9.80. The van der Waals surface area contributed by atoms with Gasteiger partial charge in [0, 0.05) is 49.4 Å². The first kappa shape index (κ1) is 58.0. The molecule has 0 amide bonds. The highest BCUT2D eigenvalue weighted by Crippen LogP contribution is 2.45. The highest BCUT2D eigenvalue weighted by Gasteiger charge is 2.28. The van der Waals surface area contributed by atoms with Gasteiger partial charge in [0.15, 0.2) is 0 Å². The van der Waals surface area contributed by atoms with Crippen LogP contribution in [0.25, 0.3) is 127 Å². The molecule has 0 saturated heterocycles. The van der Waals surface area contributed by atoms with E-state index in [-0.39, 0.29) is 80.0 Å². The van der Waals surface area contributed by atoms with Crippen molar-refractivity contribution in [2.45, 2.75) is 138 Å². The van der Waals surface area contributed by atoms with Crippen molar-refractivity contribution in [1.82, 2.24) is 13.7 Å². The van der Waals surface area contributed by atoms with Crippen LogP contribution in [0.5, 0.6) is 0 Å². The lowest BCUT2D eigenvalue weighted by Crippen LogP contribution is -2.18. The molecule has 3 aromatic heterocycles. The molecule has 13 aromatic carbocycles. The molecule has 0 aliphatic heterocycles. The predicted octanol–water partition coefficient (Wildman–Crippen LogP) is 27.8. The zero-order valence-electron chi connectivity index (χ0n) is 70.9. The largest absolute Gasteiger partial charge is 0.309 e. The molecule has 0 saturated carbocycles. The molecule has 16 rings (SSSR count). The number of hydrogen-bond donors (Lipinski definition) is 0. The molecule has 3 heterocycles. The zero-order chi connectivity index (χ0) is 79.5. The van der Waals surface area contributed by atoms with E-state index in [9.17, 15) is 0 Å². The van der Waals surface area contributed by atoms with Crippen LogP contribution in [0.1, 0.15) is 150 Å². The van der Waals surface area contributed by atoms with E-state index in [1.165, 1.54) is 99.5 Å². The standard InChI is InChI=1S/C35H31N.C34H29N.C30H37N/c1-24-12-10-15-26(20-24)28-21-27(25-13-6-5-7-14-25)22-29(23-28)36-33-19-9-8-16-30(33)31-17-11-18-32(34(31)36)35(2,3)4;1-34(2,3)31-19-12-18-30-29-17-10-11-20-32(29)35(33(30)31)28-22-26(24-13-6-4-7-14-24)21-27(23-28)25-15-8-5-9-16-25;1-28(2,3)20-17-21(29(4,5)6)19-22(18-20)31-26-16-11-10-13-23(26)24-14-12-15-25(27(24)31)30(7,8)9/h5-23H,1-4H3;4-23H,1-3H3;10-19H,1-9H3/i5D,6D,7D,10D,12D,13D,14D,15D,20D;;. The Morgan fingerprint density at radius 2 is 0.559 bits per heavy atom. The van der Waals surface area contributed by atoms with Gasteiger partial charge in [-0.25, -0.2) is 0 Å². The maximum atomic E-state index is 8.90. The smallest absolute Gasteiger partial charge is 0.0632 e. The van der Waals surface area contributed by atoms with Gasteiger partial charge in [0.05, 0.1) is 45.4 Å². The van der Waals surface area contributed by atoms with Crippen LogP contribution >= 0.6 is 0 Å². The zero-order valence-corrected chi connectivity index (χ0v) is 61.9. The summed E-state index contributed by atoms with van der Waals surface area (Å²) in [5.74, 6) is 0. The highest BCUT2D eigenvalue weighted by molar-refractivity contribution is 6.13. The molecule has 0 atom stereocenters. The van der Waals surface area contributed by atoms with Crippen molar-refractivity contribution in [3.05, 3.63) is 330 Å². The van der Waals surface area contributed by atoms with Crippen molar-refractivity contribution in [1.29, 1.82) is 0 Å². The van der Waals surface area contributed by atoms with Gasteiger partial charge in [-0.2, -0.15) is 0 Å². The number of fused-ring (bicyclic) bond motifs is 9. The minimum Gasteiger partial charge on any atom is -0.309 e. The molecule has 0 fully saturated rings. The summed E-state index contributed by atoms with van der Waals surface area (Å²) in [6.45, 7) is 35.7. The molecular formula is C99H97N3. The first-order chi connectivity index (χ1) is 52.4. The van der Waals surface area contributed by atoms with Crippen LogP contribution in [0.3, 0.4) is 0 Å². The molecule has 0 aliphatic rings. The Morgan fingerprint density at radius 1 is 0.245 bits per heavy atom. The first-order valence-electron chi connectivity index (χ1n) is 40.2. The number of hydrogen-bond acceptors (Lipinski definition) is 0. The molecule has 3 heteroatoms. The van der Waals surface area contributed by atoms with Gasteiger partial charge in [-0.15, -0.1) is 0 Å². The van der Waals surface area contributed by atoms with Gasteiger partial charge in [0.2, 0.25) is 0 Å². The van der Waals surface area contributed by atoms with Gasteiger partial charge in [0.25, 0.3) is 0 Å². The second-order valence-electron chi connectivity index (χ2n) is 32.5. The molecule has 0 N–H and O–H groups in total. The van der Waals surface area contributed by atoms with Crippen LogP contribution in [0.2, 0.25) is 0 Å². The van der Waals surface area contributed by atoms with E-state index in [1.54, 1.807) is 19.1 Å². The van der Waals surface area contributed by atoms with Crippen molar-refractivity contribution < 1.29 is 12.3 Å². The Bertz CT molecular complexity index is 6100. The maximum Gasteiger partial charge on any atom is 0.0632 e. The number of benzene rings is 13. The summed E-state index contributed by atoms with van der Waals surface area (Å²) >= 11 is 0. The molecule has 0 bridgehead atoms. The SMILES string of the molecule is CC(C)(C)c1cc(-n2c3ccccc3c3cccc(C(C)(C)C)c32)cc(C(C)(C)C)c1.CC(C)(C)c1cccc2c3ccccc3n(-c3cc(-c4ccccc4)cc(-c4ccccc4)c3)c12.[2H]c1c([2H])c([2H])c(-c2cc(-c3c([2H])c([2H])c([2H])c(C)c3[2H])cc(-n3c4ccccc4c4cccc(C(C)(C)C)c43)c2)c([2H])c1[2H]. The van der Waals surface area contributed by atoms with Crippen LogP contribution in [0.15, 0.2) is 297 Å². The molecule has 16 aromatic rings. The second kappa shape index (κ2) is 26.7. The predicted molar refractivity (Wildman–Crippen MR) is 442 cm³/mol. The third-order valence-corrected chi connectivity index (χ3v) is 19.8. The van der Waals surface area contributed by atoms with E-state index >= 15 is 0 Å². The van der Waals surface area contributed by atoms with Crippen LogP contribution in [-0.2, 0) is 27.1 Å². The van der Waals surface area contributed by atoms with Crippen molar-refractivity contribution >= 4 is 65.4 Å². The summed E-state index contributed by atoms with van der Waals surface area (Å²) in [6.07, 6.45) is 0. The molecule has 508 valence electrons. The molecule has 102 heavy (non-hydrogen) atoms. The van der Waals surface area contributed by atoms with E-state index < -0.39 is 18.1 Å². The average Bonchev–Trinajstić information content (AvgIpc) is 1.66. The van der Waals surface area contributed by atoms with Gasteiger partial charge < -0.3 is 13.7 Å². The van der Waals surface area contributed by atoms with Crippen LogP contribution in [0.4, 0.5) is 0 Å². The monoisotopic (exact) mass is 1340 g/mol. The Morgan fingerprint density at radius 3 is 0.922 bits per heavy atom. The van der Waals surface area contributed by atoms with Crippen molar-refractivity contribution in [3.8, 4) is 61.6 Å². The summed E-state index contributed by atoms with van der Waals surface area (Å²) < 4.78 is 83.8. The van der Waals surface area contributed by atoms with E-state index in [4.69, 9.17) is 12.3 Å². The lowest BCUT2D eigenvalue weighted by molar-refractivity contribution is 0.567. The highest BCUT2D eigenvalue weighted by atomic mass is 15.0. The van der Waals surface area contributed by atoms with Crippen LogP contribution in [-0.4, -0.2) is 13.7 Å². The molecule has 0 radical (unpaired) electrons. The number of para-hydroxylation sites is 6. The van der Waals surface area contributed by atoms with Crippen LogP contribution < -0.4 is 0 Å². The fourth-order valence-corrected chi connectivity index (χ4v) is 14.6. The summed E-state index contributed by atoms with van der Waals surface area (Å²) in [5.41, 5.74) is 22.6. The average molecular weight is 1340 g/mol. The Kier molecular flexibility index (Phi) is 15.1. The summed E-state index contributed by atoms with van der Waals surface area (Å²) in [6, 6.07) is 83.2. The Balaban J connectivity index is 0.000000141. The Labute approximate surface area is 618 Å². The number of nitrogens with zero attached hydrogens (tertiary/aromatic N) is 3. The van der Waals surface area contributed by atoms with Crippen LogP contribution in [0, 0.1) is 6.92 Å². The molecule has 3 nitrogen and oxygen atoms in total. The van der Waals surface area contributed by atoms with Crippen molar-refractivity contribution in [2.24, 2.45) is 0 Å². The minimum atomic E-state index is -0.496. The third-order valence-electron chi connectivity index (χ3n) is 19.8.